The standard InChI is InChI=1S/C42H42N4O6/c1-41(51,31-11-5-3-6-12-31)39(49)45-27-9-15-35(45)37(47)43-33-23-19-29(20-24-33)17-18-30-21-25-34(26-22-30)44-38(48)36-16-10-28-46(36)40(50)42(2,52)32-13-7-4-8-14-32/h3-8,11-14,19-26,35-36,51-52H,9-10,15-16,27-28H2,1-2H3,(H,43,47)(H,44,48)/t35?,36?,41-,42-/m0/s1. The molecular formula is C42H42N4O6. The van der Waals surface area contributed by atoms with Crippen molar-refractivity contribution < 1.29 is 29.4 Å². The lowest BCUT2D eigenvalue weighted by atomic mass is 9.94. The maximum atomic E-state index is 13.3. The minimum absolute atomic E-state index is 0.313. The molecule has 2 aliphatic rings. The second kappa shape index (κ2) is 15.2. The van der Waals surface area contributed by atoms with Crippen LogP contribution in [0, 0.1) is 11.8 Å². The van der Waals surface area contributed by atoms with Crippen LogP contribution in [-0.4, -0.2) is 68.8 Å². The zero-order chi connectivity index (χ0) is 36.9. The van der Waals surface area contributed by atoms with Crippen molar-refractivity contribution in [1.29, 1.82) is 0 Å². The molecule has 0 aliphatic carbocycles. The maximum absolute atomic E-state index is 13.3. The molecule has 2 fully saturated rings. The molecule has 2 saturated heterocycles. The number of rotatable bonds is 8. The first-order valence-corrected chi connectivity index (χ1v) is 17.5. The van der Waals surface area contributed by atoms with E-state index in [0.29, 0.717) is 61.3 Å². The largest absolute Gasteiger partial charge is 0.376 e. The van der Waals surface area contributed by atoms with Crippen molar-refractivity contribution in [3.05, 3.63) is 131 Å². The number of anilines is 2. The topological polar surface area (TPSA) is 139 Å². The fourth-order valence-electron chi connectivity index (χ4n) is 6.77. The third kappa shape index (κ3) is 7.76. The molecule has 4 amide bonds. The third-order valence-corrected chi connectivity index (χ3v) is 9.79. The van der Waals surface area contributed by atoms with E-state index in [-0.39, 0.29) is 11.8 Å². The minimum Gasteiger partial charge on any atom is -0.376 e. The Bertz CT molecular complexity index is 1840. The average Bonchev–Trinajstić information content (AvgIpc) is 3.86. The van der Waals surface area contributed by atoms with Crippen LogP contribution in [0.1, 0.15) is 61.8 Å². The van der Waals surface area contributed by atoms with Crippen LogP contribution in [-0.2, 0) is 30.4 Å². The monoisotopic (exact) mass is 698 g/mol. The summed E-state index contributed by atoms with van der Waals surface area (Å²) in [5.41, 5.74) is 0.0412. The van der Waals surface area contributed by atoms with Crippen LogP contribution >= 0.6 is 0 Å². The molecule has 266 valence electrons. The van der Waals surface area contributed by atoms with Crippen LogP contribution in [0.3, 0.4) is 0 Å². The summed E-state index contributed by atoms with van der Waals surface area (Å²) in [6, 6.07) is 30.2. The summed E-state index contributed by atoms with van der Waals surface area (Å²) < 4.78 is 0. The lowest BCUT2D eigenvalue weighted by Gasteiger charge is -2.31. The number of hydrogen-bond donors (Lipinski definition) is 4. The second-order valence-electron chi connectivity index (χ2n) is 13.6. The molecule has 0 spiro atoms. The molecule has 0 bridgehead atoms. The van der Waals surface area contributed by atoms with E-state index in [9.17, 15) is 29.4 Å². The van der Waals surface area contributed by atoms with Gasteiger partial charge in [-0.25, -0.2) is 0 Å². The normalized spacial score (nSPS) is 19.1. The Balaban J connectivity index is 1.03. The van der Waals surface area contributed by atoms with Crippen molar-refractivity contribution in [2.24, 2.45) is 0 Å². The molecule has 2 aliphatic heterocycles. The highest BCUT2D eigenvalue weighted by atomic mass is 16.3. The highest BCUT2D eigenvalue weighted by molar-refractivity contribution is 6.00. The van der Waals surface area contributed by atoms with Crippen molar-refractivity contribution in [2.45, 2.75) is 62.8 Å². The summed E-state index contributed by atoms with van der Waals surface area (Å²) in [4.78, 5) is 56.0. The molecule has 2 unspecified atom stereocenters. The van der Waals surface area contributed by atoms with Gasteiger partial charge >= 0.3 is 0 Å². The lowest BCUT2D eigenvalue weighted by Crippen LogP contribution is -2.50. The van der Waals surface area contributed by atoms with Crippen molar-refractivity contribution >= 4 is 35.0 Å². The number of aliphatic hydroxyl groups is 2. The third-order valence-electron chi connectivity index (χ3n) is 9.79. The lowest BCUT2D eigenvalue weighted by molar-refractivity contribution is -0.153. The molecule has 0 saturated carbocycles. The first kappa shape index (κ1) is 36.0. The van der Waals surface area contributed by atoms with Gasteiger partial charge in [-0.2, -0.15) is 0 Å². The molecule has 4 N–H and O–H groups in total. The zero-order valence-corrected chi connectivity index (χ0v) is 29.2. The molecule has 2 heterocycles. The molecular weight excluding hydrogens is 656 g/mol. The van der Waals surface area contributed by atoms with Crippen LogP contribution in [0.15, 0.2) is 109 Å². The smallest absolute Gasteiger partial charge is 0.259 e. The Kier molecular flexibility index (Phi) is 10.6. The summed E-state index contributed by atoms with van der Waals surface area (Å²) in [6.45, 7) is 3.70. The van der Waals surface area contributed by atoms with Gasteiger partial charge in [0.25, 0.3) is 11.8 Å². The van der Waals surface area contributed by atoms with Crippen LogP contribution in [0.2, 0.25) is 0 Å². The van der Waals surface area contributed by atoms with E-state index in [0.717, 1.165) is 11.1 Å². The summed E-state index contributed by atoms with van der Waals surface area (Å²) in [5, 5.41) is 27.9. The Morgan fingerprint density at radius 2 is 0.923 bits per heavy atom. The molecule has 52 heavy (non-hydrogen) atoms. The maximum Gasteiger partial charge on any atom is 0.259 e. The predicted molar refractivity (Wildman–Crippen MR) is 198 cm³/mol. The highest BCUT2D eigenvalue weighted by Crippen LogP contribution is 2.30. The Hall–Kier alpha value is -5.76. The SMILES string of the molecule is C[C@@](O)(C(=O)N1CCCC1C(=O)Nc1ccc(C#Cc2ccc(NC(=O)C3CCCN3C(=O)[C@@](C)(O)c3ccccc3)cc2)cc1)c1ccccc1. The van der Waals surface area contributed by atoms with Gasteiger partial charge in [0.05, 0.1) is 0 Å². The van der Waals surface area contributed by atoms with Crippen molar-refractivity contribution in [3.8, 4) is 11.8 Å². The van der Waals surface area contributed by atoms with Gasteiger partial charge in [-0.15, -0.1) is 0 Å². The van der Waals surface area contributed by atoms with E-state index < -0.39 is 35.1 Å². The first-order valence-electron chi connectivity index (χ1n) is 17.5. The number of amides is 4. The average molecular weight is 699 g/mol. The highest BCUT2D eigenvalue weighted by Gasteiger charge is 2.44. The van der Waals surface area contributed by atoms with Crippen LogP contribution < -0.4 is 10.6 Å². The fourth-order valence-corrected chi connectivity index (χ4v) is 6.77. The van der Waals surface area contributed by atoms with Crippen LogP contribution in [0.4, 0.5) is 11.4 Å². The number of likely N-dealkylation sites (tertiary alicyclic amines) is 2. The van der Waals surface area contributed by atoms with Gasteiger partial charge < -0.3 is 30.6 Å². The molecule has 6 rings (SSSR count). The second-order valence-corrected chi connectivity index (χ2v) is 13.6. The summed E-state index contributed by atoms with van der Waals surface area (Å²) in [5.74, 6) is 4.58. The number of benzene rings is 4. The molecule has 4 atom stereocenters. The Morgan fingerprint density at radius 1 is 0.577 bits per heavy atom. The van der Waals surface area contributed by atoms with E-state index in [1.165, 1.54) is 23.6 Å². The Morgan fingerprint density at radius 3 is 1.27 bits per heavy atom. The Labute approximate surface area is 303 Å². The van der Waals surface area contributed by atoms with Crippen molar-refractivity contribution in [3.63, 3.8) is 0 Å². The number of hydrogen-bond acceptors (Lipinski definition) is 6. The van der Waals surface area contributed by atoms with Crippen LogP contribution in [0.25, 0.3) is 0 Å². The van der Waals surface area contributed by atoms with Gasteiger partial charge in [0.2, 0.25) is 11.8 Å². The number of nitrogens with one attached hydrogen (secondary N) is 2. The van der Waals surface area contributed by atoms with Crippen molar-refractivity contribution in [1.82, 2.24) is 9.80 Å². The molecule has 4 aromatic carbocycles. The van der Waals surface area contributed by atoms with Gasteiger partial charge in [0.15, 0.2) is 11.2 Å². The zero-order valence-electron chi connectivity index (χ0n) is 29.2. The summed E-state index contributed by atoms with van der Waals surface area (Å²) >= 11 is 0. The summed E-state index contributed by atoms with van der Waals surface area (Å²) in [6.07, 6.45) is 2.34. The summed E-state index contributed by atoms with van der Waals surface area (Å²) in [7, 11) is 0. The molecule has 4 aromatic rings. The van der Waals surface area contributed by atoms with E-state index in [4.69, 9.17) is 0 Å². The molecule has 0 radical (unpaired) electrons. The predicted octanol–water partition coefficient (Wildman–Crippen LogP) is 4.76. The number of nitrogens with zero attached hydrogens (tertiary/aromatic N) is 2. The van der Waals surface area contributed by atoms with Gasteiger partial charge in [-0.1, -0.05) is 72.5 Å². The van der Waals surface area contributed by atoms with Crippen molar-refractivity contribution in [2.75, 3.05) is 23.7 Å². The van der Waals surface area contributed by atoms with E-state index in [2.05, 4.69) is 22.5 Å². The number of carbonyl (C=O) groups excluding carboxylic acids is 4. The van der Waals surface area contributed by atoms with Gasteiger partial charge in [-0.3, -0.25) is 19.2 Å². The first-order chi connectivity index (χ1) is 24.9. The number of carbonyl (C=O) groups is 4. The van der Waals surface area contributed by atoms with Crippen LogP contribution in [0.5, 0.6) is 0 Å². The van der Waals surface area contributed by atoms with Gasteiger partial charge in [-0.05, 0) is 99.2 Å². The fraction of sp³-hybridized carbons (Fsp3) is 0.286. The quantitative estimate of drug-likeness (QED) is 0.196. The minimum atomic E-state index is -1.75. The molecule has 10 nitrogen and oxygen atoms in total. The molecule has 10 heteroatoms. The van der Waals surface area contributed by atoms with E-state index in [1.807, 2.05) is 12.1 Å². The molecule has 0 aromatic heterocycles. The van der Waals surface area contributed by atoms with E-state index >= 15 is 0 Å². The van der Waals surface area contributed by atoms with Gasteiger partial charge in [0.1, 0.15) is 12.1 Å². The van der Waals surface area contributed by atoms with E-state index in [1.54, 1.807) is 97.1 Å². The van der Waals surface area contributed by atoms with Gasteiger partial charge in [0, 0.05) is 35.6 Å².